The van der Waals surface area contributed by atoms with E-state index in [-0.39, 0.29) is 24.8 Å². The summed E-state index contributed by atoms with van der Waals surface area (Å²) in [7, 11) is 0. The molecule has 1 N–H and O–H groups in total. The third-order valence-electron chi connectivity index (χ3n) is 2.72. The van der Waals surface area contributed by atoms with Gasteiger partial charge in [-0.25, -0.2) is 4.98 Å². The molecule has 2 aromatic heterocycles. The lowest BCUT2D eigenvalue weighted by atomic mass is 10.2. The molecule has 1 fully saturated rings. The van der Waals surface area contributed by atoms with Gasteiger partial charge >= 0.3 is 0 Å². The largest absolute Gasteiger partial charge is 0.309 e. The normalized spacial score (nSPS) is 19.1. The second kappa shape index (κ2) is 5.82. The Kier molecular flexibility index (Phi) is 4.99. The van der Waals surface area contributed by atoms with E-state index in [0.717, 1.165) is 11.4 Å². The highest BCUT2D eigenvalue weighted by molar-refractivity contribution is 7.18. The minimum atomic E-state index is 0. The van der Waals surface area contributed by atoms with Gasteiger partial charge in [0, 0.05) is 22.5 Å². The van der Waals surface area contributed by atoms with E-state index in [1.807, 2.05) is 23.6 Å². The van der Waals surface area contributed by atoms with Gasteiger partial charge in [0.2, 0.25) is 0 Å². The Morgan fingerprint density at radius 1 is 1.38 bits per heavy atom. The Morgan fingerprint density at radius 2 is 2.25 bits per heavy atom. The molecule has 0 aliphatic carbocycles. The zero-order valence-electron chi connectivity index (χ0n) is 8.68. The van der Waals surface area contributed by atoms with Crippen LogP contribution >= 0.6 is 36.2 Å². The van der Waals surface area contributed by atoms with Gasteiger partial charge in [-0.15, -0.1) is 36.2 Å². The van der Waals surface area contributed by atoms with Gasteiger partial charge in [0.05, 0.1) is 0 Å². The van der Waals surface area contributed by atoms with E-state index in [4.69, 9.17) is 0 Å². The highest BCUT2D eigenvalue weighted by atomic mass is 35.5. The summed E-state index contributed by atoms with van der Waals surface area (Å²) >= 11 is 1.82. The lowest BCUT2D eigenvalue weighted by molar-refractivity contribution is 0.660. The predicted molar refractivity (Wildman–Crippen MR) is 74.1 cm³/mol. The van der Waals surface area contributed by atoms with Crippen molar-refractivity contribution < 1.29 is 0 Å². The molecule has 1 aliphatic heterocycles. The van der Waals surface area contributed by atoms with Gasteiger partial charge in [0.1, 0.15) is 4.83 Å². The second-order valence-electron chi connectivity index (χ2n) is 3.70. The molecular weight excluding hydrogens is 263 g/mol. The van der Waals surface area contributed by atoms with Crippen LogP contribution in [0.5, 0.6) is 0 Å². The van der Waals surface area contributed by atoms with Gasteiger partial charge < -0.3 is 5.32 Å². The van der Waals surface area contributed by atoms with Crippen molar-refractivity contribution in [1.29, 1.82) is 0 Å². The minimum absolute atomic E-state index is 0. The first-order valence-electron chi connectivity index (χ1n) is 5.01. The van der Waals surface area contributed by atoms with Gasteiger partial charge in [-0.1, -0.05) is 6.07 Å². The van der Waals surface area contributed by atoms with E-state index in [9.17, 15) is 0 Å². The zero-order chi connectivity index (χ0) is 9.38. The summed E-state index contributed by atoms with van der Waals surface area (Å²) in [4.78, 5) is 6.97. The maximum absolute atomic E-state index is 4.36. The molecule has 2 aromatic rings. The third-order valence-corrected chi connectivity index (χ3v) is 3.89. The number of fused-ring (bicyclic) bond motifs is 1. The van der Waals surface area contributed by atoms with Crippen molar-refractivity contribution in [2.45, 2.75) is 18.9 Å². The molecule has 0 amide bonds. The van der Waals surface area contributed by atoms with E-state index in [0.29, 0.717) is 6.04 Å². The van der Waals surface area contributed by atoms with Crippen LogP contribution in [0.2, 0.25) is 0 Å². The van der Waals surface area contributed by atoms with Crippen molar-refractivity contribution in [3.05, 3.63) is 29.3 Å². The van der Waals surface area contributed by atoms with Gasteiger partial charge in [0.25, 0.3) is 0 Å². The SMILES string of the molecule is Cl.Cl.c1cnc2sc([C@H]3CCCN3)cc2c1. The number of nitrogens with zero attached hydrogens (tertiary/aromatic N) is 1. The summed E-state index contributed by atoms with van der Waals surface area (Å²) in [6.07, 6.45) is 4.43. The fourth-order valence-corrected chi connectivity index (χ4v) is 3.10. The number of halogens is 2. The Hall–Kier alpha value is -0.350. The fraction of sp³-hybridized carbons (Fsp3) is 0.364. The molecule has 0 unspecified atom stereocenters. The van der Waals surface area contributed by atoms with E-state index in [1.165, 1.54) is 23.1 Å². The molecule has 1 aliphatic rings. The smallest absolute Gasteiger partial charge is 0.123 e. The number of rotatable bonds is 1. The molecule has 0 spiro atoms. The molecular formula is C11H14Cl2N2S. The van der Waals surface area contributed by atoms with Crippen LogP contribution in [0, 0.1) is 0 Å². The van der Waals surface area contributed by atoms with Crippen molar-refractivity contribution in [3.8, 4) is 0 Å². The van der Waals surface area contributed by atoms with Gasteiger partial charge in [-0.2, -0.15) is 0 Å². The number of thiophene rings is 1. The lowest BCUT2D eigenvalue weighted by Crippen LogP contribution is -2.11. The molecule has 3 rings (SSSR count). The number of hydrogen-bond acceptors (Lipinski definition) is 3. The van der Waals surface area contributed by atoms with Crippen LogP contribution < -0.4 is 5.32 Å². The van der Waals surface area contributed by atoms with Crippen molar-refractivity contribution in [3.63, 3.8) is 0 Å². The molecule has 0 saturated carbocycles. The van der Waals surface area contributed by atoms with Gasteiger partial charge in [-0.3, -0.25) is 0 Å². The zero-order valence-corrected chi connectivity index (χ0v) is 11.1. The number of nitrogens with one attached hydrogen (secondary N) is 1. The standard InChI is InChI=1S/C11H12N2S.2ClH/c1-3-8-7-10(9-4-2-5-12-9)14-11(8)13-6-1;;/h1,3,6-7,9,12H,2,4-5H2;2*1H/t9-;;/m1../s1. The number of aromatic nitrogens is 1. The molecule has 1 atom stereocenters. The molecule has 3 heterocycles. The van der Waals surface area contributed by atoms with E-state index >= 15 is 0 Å². The monoisotopic (exact) mass is 276 g/mol. The summed E-state index contributed by atoms with van der Waals surface area (Å²) in [5.41, 5.74) is 0. The van der Waals surface area contributed by atoms with Crippen LogP contribution in [0.4, 0.5) is 0 Å². The van der Waals surface area contributed by atoms with Crippen LogP contribution in [0.25, 0.3) is 10.2 Å². The summed E-state index contributed by atoms with van der Waals surface area (Å²) < 4.78 is 0. The van der Waals surface area contributed by atoms with Crippen molar-refractivity contribution in [2.24, 2.45) is 0 Å². The molecule has 16 heavy (non-hydrogen) atoms. The first kappa shape index (κ1) is 13.7. The lowest BCUT2D eigenvalue weighted by Gasteiger charge is -2.05. The molecule has 2 nitrogen and oxygen atoms in total. The van der Waals surface area contributed by atoms with E-state index in [2.05, 4.69) is 22.4 Å². The molecule has 0 radical (unpaired) electrons. The molecule has 1 saturated heterocycles. The quantitative estimate of drug-likeness (QED) is 0.862. The van der Waals surface area contributed by atoms with Gasteiger partial charge in [0.15, 0.2) is 0 Å². The first-order chi connectivity index (χ1) is 6.93. The maximum atomic E-state index is 4.36. The van der Waals surface area contributed by atoms with E-state index < -0.39 is 0 Å². The minimum Gasteiger partial charge on any atom is -0.309 e. The Labute approximate surface area is 111 Å². The van der Waals surface area contributed by atoms with Crippen LogP contribution in [-0.4, -0.2) is 11.5 Å². The van der Waals surface area contributed by atoms with Crippen LogP contribution in [-0.2, 0) is 0 Å². The number of hydrogen-bond donors (Lipinski definition) is 1. The average Bonchev–Trinajstić information content (AvgIpc) is 2.86. The summed E-state index contributed by atoms with van der Waals surface area (Å²) in [5.74, 6) is 0. The summed E-state index contributed by atoms with van der Waals surface area (Å²) in [5, 5.41) is 4.80. The van der Waals surface area contributed by atoms with Crippen LogP contribution in [0.15, 0.2) is 24.4 Å². The average molecular weight is 277 g/mol. The van der Waals surface area contributed by atoms with Crippen molar-refractivity contribution in [1.82, 2.24) is 10.3 Å². The first-order valence-corrected chi connectivity index (χ1v) is 5.83. The van der Waals surface area contributed by atoms with Gasteiger partial charge in [-0.05, 0) is 31.5 Å². The Balaban J connectivity index is 0.000000640. The van der Waals surface area contributed by atoms with Crippen LogP contribution in [0.1, 0.15) is 23.8 Å². The summed E-state index contributed by atoms with van der Waals surface area (Å²) in [6, 6.07) is 6.99. The second-order valence-corrected chi connectivity index (χ2v) is 4.76. The third kappa shape index (κ3) is 2.48. The van der Waals surface area contributed by atoms with E-state index in [1.54, 1.807) is 0 Å². The molecule has 5 heteroatoms. The fourth-order valence-electron chi connectivity index (χ4n) is 1.99. The Morgan fingerprint density at radius 3 is 2.94 bits per heavy atom. The molecule has 0 aromatic carbocycles. The maximum Gasteiger partial charge on any atom is 0.123 e. The molecule has 88 valence electrons. The van der Waals surface area contributed by atoms with Crippen LogP contribution in [0.3, 0.4) is 0 Å². The highest BCUT2D eigenvalue weighted by Gasteiger charge is 2.18. The number of pyridine rings is 1. The highest BCUT2D eigenvalue weighted by Crippen LogP contribution is 2.32. The van der Waals surface area contributed by atoms with Crippen molar-refractivity contribution in [2.75, 3.05) is 6.54 Å². The molecule has 0 bridgehead atoms. The predicted octanol–water partition coefficient (Wildman–Crippen LogP) is 3.56. The van der Waals surface area contributed by atoms with Crippen molar-refractivity contribution >= 4 is 46.4 Å². The Bertz CT molecular complexity index is 419. The summed E-state index contributed by atoms with van der Waals surface area (Å²) in [6.45, 7) is 1.16. The topological polar surface area (TPSA) is 24.9 Å².